The minimum Gasteiger partial charge on any atom is -0.389 e. The Kier molecular flexibility index (Phi) is 3.95. The van der Waals surface area contributed by atoms with E-state index in [9.17, 15) is 0 Å². The molecule has 0 saturated heterocycles. The van der Waals surface area contributed by atoms with Crippen molar-refractivity contribution in [1.29, 1.82) is 0 Å². The standard InChI is InChI=1S/C16H19NOS/c18-10-16-17-15(11-19-16)14-8-6-13(7-9-14)12-4-2-1-3-5-12/h6-9,11-12,18H,1-5,10H2. The number of aromatic nitrogens is 1. The molecule has 0 amide bonds. The zero-order valence-electron chi connectivity index (χ0n) is 11.0. The van der Waals surface area contributed by atoms with Crippen LogP contribution in [0.4, 0.5) is 0 Å². The first kappa shape index (κ1) is 12.8. The van der Waals surface area contributed by atoms with Crippen LogP contribution in [0, 0.1) is 0 Å². The van der Waals surface area contributed by atoms with Crippen LogP contribution in [-0.2, 0) is 6.61 Å². The van der Waals surface area contributed by atoms with Crippen molar-refractivity contribution in [2.45, 2.75) is 44.6 Å². The SMILES string of the molecule is OCc1nc(-c2ccc(C3CCCCC3)cc2)cs1. The van der Waals surface area contributed by atoms with E-state index in [4.69, 9.17) is 5.11 Å². The van der Waals surface area contributed by atoms with Crippen molar-refractivity contribution in [2.75, 3.05) is 0 Å². The summed E-state index contributed by atoms with van der Waals surface area (Å²) in [4.78, 5) is 4.41. The number of aliphatic hydroxyl groups excluding tert-OH is 1. The van der Waals surface area contributed by atoms with Gasteiger partial charge in [0.2, 0.25) is 0 Å². The largest absolute Gasteiger partial charge is 0.389 e. The molecule has 2 nitrogen and oxygen atoms in total. The molecule has 0 spiro atoms. The molecule has 1 saturated carbocycles. The number of rotatable bonds is 3. The van der Waals surface area contributed by atoms with Gasteiger partial charge in [-0.25, -0.2) is 4.98 Å². The maximum Gasteiger partial charge on any atom is 0.119 e. The Morgan fingerprint density at radius 3 is 2.47 bits per heavy atom. The summed E-state index contributed by atoms with van der Waals surface area (Å²) in [5.41, 5.74) is 3.60. The maximum absolute atomic E-state index is 9.06. The van der Waals surface area contributed by atoms with Gasteiger partial charge in [-0.1, -0.05) is 43.5 Å². The Morgan fingerprint density at radius 2 is 1.84 bits per heavy atom. The third kappa shape index (κ3) is 2.88. The summed E-state index contributed by atoms with van der Waals surface area (Å²) in [6, 6.07) is 8.84. The lowest BCUT2D eigenvalue weighted by atomic mass is 9.84. The van der Waals surface area contributed by atoms with Crippen LogP contribution in [0.1, 0.15) is 48.6 Å². The highest BCUT2D eigenvalue weighted by atomic mass is 32.1. The number of nitrogens with zero attached hydrogens (tertiary/aromatic N) is 1. The Hall–Kier alpha value is -1.19. The summed E-state index contributed by atoms with van der Waals surface area (Å²) >= 11 is 1.52. The lowest BCUT2D eigenvalue weighted by Gasteiger charge is -2.22. The Balaban J connectivity index is 1.78. The van der Waals surface area contributed by atoms with E-state index in [0.29, 0.717) is 0 Å². The zero-order chi connectivity index (χ0) is 13.1. The minimum absolute atomic E-state index is 0.0326. The molecule has 0 unspecified atom stereocenters. The molecule has 0 atom stereocenters. The van der Waals surface area contributed by atoms with Crippen molar-refractivity contribution in [3.8, 4) is 11.3 Å². The van der Waals surface area contributed by atoms with Crippen molar-refractivity contribution in [2.24, 2.45) is 0 Å². The maximum atomic E-state index is 9.06. The predicted octanol–water partition coefficient (Wildman–Crippen LogP) is 4.35. The molecule has 1 aliphatic rings. The summed E-state index contributed by atoms with van der Waals surface area (Å²) in [5, 5.41) is 11.9. The first-order valence-electron chi connectivity index (χ1n) is 7.02. The van der Waals surface area contributed by atoms with Crippen LogP contribution in [-0.4, -0.2) is 10.1 Å². The van der Waals surface area contributed by atoms with Crippen LogP contribution in [0.5, 0.6) is 0 Å². The van der Waals surface area contributed by atoms with Gasteiger partial charge in [-0.2, -0.15) is 0 Å². The lowest BCUT2D eigenvalue weighted by molar-refractivity contribution is 0.281. The number of aliphatic hydroxyl groups is 1. The molecule has 3 heteroatoms. The van der Waals surface area contributed by atoms with Gasteiger partial charge in [0.05, 0.1) is 12.3 Å². The van der Waals surface area contributed by atoms with Gasteiger partial charge in [-0.3, -0.25) is 0 Å². The Morgan fingerprint density at radius 1 is 1.11 bits per heavy atom. The first-order valence-corrected chi connectivity index (χ1v) is 7.90. The van der Waals surface area contributed by atoms with E-state index in [1.54, 1.807) is 0 Å². The van der Waals surface area contributed by atoms with Crippen molar-refractivity contribution < 1.29 is 5.11 Å². The predicted molar refractivity (Wildman–Crippen MR) is 79.3 cm³/mol. The molecule has 100 valence electrons. The molecule has 1 fully saturated rings. The highest BCUT2D eigenvalue weighted by Crippen LogP contribution is 2.33. The van der Waals surface area contributed by atoms with E-state index in [0.717, 1.165) is 22.2 Å². The average molecular weight is 273 g/mol. The topological polar surface area (TPSA) is 33.1 Å². The molecule has 0 aliphatic heterocycles. The van der Waals surface area contributed by atoms with Crippen molar-refractivity contribution in [3.05, 3.63) is 40.2 Å². The van der Waals surface area contributed by atoms with Gasteiger partial charge in [0.15, 0.2) is 0 Å². The van der Waals surface area contributed by atoms with Crippen molar-refractivity contribution >= 4 is 11.3 Å². The first-order chi connectivity index (χ1) is 9.36. The van der Waals surface area contributed by atoms with E-state index in [-0.39, 0.29) is 6.61 Å². The average Bonchev–Trinajstić information content (AvgIpc) is 2.97. The zero-order valence-corrected chi connectivity index (χ0v) is 11.8. The summed E-state index contributed by atoms with van der Waals surface area (Å²) in [7, 11) is 0. The van der Waals surface area contributed by atoms with Gasteiger partial charge >= 0.3 is 0 Å². The van der Waals surface area contributed by atoms with E-state index in [1.165, 1.54) is 49.0 Å². The second-order valence-corrected chi connectivity index (χ2v) is 6.18. The van der Waals surface area contributed by atoms with Gasteiger partial charge in [0.25, 0.3) is 0 Å². The van der Waals surface area contributed by atoms with Crippen LogP contribution < -0.4 is 0 Å². The number of benzene rings is 1. The molecule has 19 heavy (non-hydrogen) atoms. The van der Waals surface area contributed by atoms with Crippen LogP contribution in [0.2, 0.25) is 0 Å². The third-order valence-electron chi connectivity index (χ3n) is 3.97. The fraction of sp³-hybridized carbons (Fsp3) is 0.438. The van der Waals surface area contributed by atoms with Gasteiger partial charge < -0.3 is 5.11 Å². The van der Waals surface area contributed by atoms with Gasteiger partial charge in [-0.15, -0.1) is 11.3 Å². The van der Waals surface area contributed by atoms with Crippen LogP contribution >= 0.6 is 11.3 Å². The van der Waals surface area contributed by atoms with Crippen LogP contribution in [0.3, 0.4) is 0 Å². The van der Waals surface area contributed by atoms with E-state index < -0.39 is 0 Å². The van der Waals surface area contributed by atoms with E-state index in [1.807, 2.05) is 5.38 Å². The van der Waals surface area contributed by atoms with Gasteiger partial charge in [0, 0.05) is 10.9 Å². The second-order valence-electron chi connectivity index (χ2n) is 5.24. The number of thiazole rings is 1. The smallest absolute Gasteiger partial charge is 0.119 e. The molecule has 0 radical (unpaired) electrons. The molecule has 1 aliphatic carbocycles. The molecular weight excluding hydrogens is 254 g/mol. The Bertz CT molecular complexity index is 526. The minimum atomic E-state index is 0.0326. The van der Waals surface area contributed by atoms with Crippen molar-refractivity contribution in [3.63, 3.8) is 0 Å². The van der Waals surface area contributed by atoms with Crippen LogP contribution in [0.15, 0.2) is 29.6 Å². The van der Waals surface area contributed by atoms with Crippen molar-refractivity contribution in [1.82, 2.24) is 4.98 Å². The third-order valence-corrected chi connectivity index (χ3v) is 4.80. The molecule has 2 aromatic rings. The second kappa shape index (κ2) is 5.85. The number of hydrogen-bond acceptors (Lipinski definition) is 3. The highest BCUT2D eigenvalue weighted by Gasteiger charge is 2.15. The van der Waals surface area contributed by atoms with Gasteiger partial charge in [-0.05, 0) is 24.3 Å². The quantitative estimate of drug-likeness (QED) is 0.902. The fourth-order valence-electron chi connectivity index (χ4n) is 2.88. The summed E-state index contributed by atoms with van der Waals surface area (Å²) in [6.07, 6.45) is 6.82. The number of hydrogen-bond donors (Lipinski definition) is 1. The summed E-state index contributed by atoms with van der Waals surface area (Å²) < 4.78 is 0. The monoisotopic (exact) mass is 273 g/mol. The molecule has 1 aromatic carbocycles. The van der Waals surface area contributed by atoms with E-state index in [2.05, 4.69) is 29.2 Å². The molecular formula is C16H19NOS. The molecule has 3 rings (SSSR count). The molecule has 0 bridgehead atoms. The highest BCUT2D eigenvalue weighted by molar-refractivity contribution is 7.09. The Labute approximate surface area is 118 Å². The van der Waals surface area contributed by atoms with Gasteiger partial charge in [0.1, 0.15) is 5.01 Å². The summed E-state index contributed by atoms with van der Waals surface area (Å²) in [5.74, 6) is 0.756. The summed E-state index contributed by atoms with van der Waals surface area (Å²) in [6.45, 7) is 0.0326. The fourth-order valence-corrected chi connectivity index (χ4v) is 3.54. The molecule has 1 aromatic heterocycles. The normalized spacial score (nSPS) is 16.7. The van der Waals surface area contributed by atoms with Crippen LogP contribution in [0.25, 0.3) is 11.3 Å². The van der Waals surface area contributed by atoms with E-state index >= 15 is 0 Å². The molecule has 1 heterocycles. The molecule has 1 N–H and O–H groups in total. The lowest BCUT2D eigenvalue weighted by Crippen LogP contribution is -2.04.